The van der Waals surface area contributed by atoms with Crippen LogP contribution in [0.1, 0.15) is 18.5 Å². The molecule has 0 saturated heterocycles. The zero-order valence-corrected chi connectivity index (χ0v) is 11.0. The molecule has 0 aromatic heterocycles. The first-order valence-electron chi connectivity index (χ1n) is 6.06. The quantitative estimate of drug-likeness (QED) is 0.814. The van der Waals surface area contributed by atoms with Gasteiger partial charge in [-0.3, -0.25) is 4.79 Å². The number of amides is 1. The van der Waals surface area contributed by atoms with E-state index in [0.29, 0.717) is 5.75 Å². The number of carbonyl (C=O) groups excluding carboxylic acids is 1. The van der Waals surface area contributed by atoms with Gasteiger partial charge in [0.2, 0.25) is 12.7 Å². The zero-order chi connectivity index (χ0) is 13.8. The highest BCUT2D eigenvalue weighted by Gasteiger charge is 2.19. The summed E-state index contributed by atoms with van der Waals surface area (Å²) in [6.07, 6.45) is 0. The van der Waals surface area contributed by atoms with Crippen LogP contribution in [0.5, 0.6) is 11.5 Å². The highest BCUT2D eigenvalue weighted by atomic mass is 16.7. The number of hydrogen-bond acceptors (Lipinski definition) is 5. The van der Waals surface area contributed by atoms with E-state index in [4.69, 9.17) is 19.9 Å². The number of methoxy groups -OCH3 is 1. The van der Waals surface area contributed by atoms with Crippen LogP contribution >= 0.6 is 0 Å². The van der Waals surface area contributed by atoms with E-state index in [1.807, 2.05) is 25.1 Å². The van der Waals surface area contributed by atoms with Gasteiger partial charge >= 0.3 is 0 Å². The minimum atomic E-state index is -0.665. The molecule has 6 nitrogen and oxygen atoms in total. The van der Waals surface area contributed by atoms with Crippen molar-refractivity contribution in [3.05, 3.63) is 23.8 Å². The second kappa shape index (κ2) is 5.90. The van der Waals surface area contributed by atoms with Crippen molar-refractivity contribution in [2.24, 2.45) is 5.73 Å². The van der Waals surface area contributed by atoms with Crippen LogP contribution in [0.2, 0.25) is 0 Å². The molecule has 2 atom stereocenters. The highest BCUT2D eigenvalue weighted by Crippen LogP contribution is 2.34. The molecule has 0 bridgehead atoms. The normalized spacial score (nSPS) is 15.9. The lowest BCUT2D eigenvalue weighted by Crippen LogP contribution is -2.44. The van der Waals surface area contributed by atoms with E-state index in [9.17, 15) is 4.79 Å². The molecule has 1 aliphatic rings. The van der Waals surface area contributed by atoms with Gasteiger partial charge in [-0.2, -0.15) is 0 Å². The van der Waals surface area contributed by atoms with Crippen molar-refractivity contribution in [1.29, 1.82) is 0 Å². The van der Waals surface area contributed by atoms with Gasteiger partial charge in [-0.25, -0.2) is 0 Å². The molecule has 1 amide bonds. The molecular weight excluding hydrogens is 248 g/mol. The topological polar surface area (TPSA) is 82.8 Å². The molecule has 0 spiro atoms. The van der Waals surface area contributed by atoms with Gasteiger partial charge in [0.1, 0.15) is 6.04 Å². The molecule has 6 heteroatoms. The first-order chi connectivity index (χ1) is 9.11. The van der Waals surface area contributed by atoms with Crippen LogP contribution in [-0.4, -0.2) is 32.5 Å². The number of hydrogen-bond donors (Lipinski definition) is 2. The van der Waals surface area contributed by atoms with Crippen molar-refractivity contribution in [3.8, 4) is 11.5 Å². The van der Waals surface area contributed by atoms with Gasteiger partial charge in [-0.05, 0) is 24.6 Å². The van der Waals surface area contributed by atoms with E-state index < -0.39 is 6.04 Å². The van der Waals surface area contributed by atoms with Crippen LogP contribution in [-0.2, 0) is 9.53 Å². The molecule has 2 rings (SSSR count). The number of nitrogens with one attached hydrogen (secondary N) is 1. The fourth-order valence-electron chi connectivity index (χ4n) is 1.84. The van der Waals surface area contributed by atoms with Crippen molar-refractivity contribution < 1.29 is 19.0 Å². The lowest BCUT2D eigenvalue weighted by molar-refractivity contribution is -0.124. The van der Waals surface area contributed by atoms with Crippen LogP contribution in [0.4, 0.5) is 0 Å². The minimum absolute atomic E-state index is 0.162. The Labute approximate surface area is 111 Å². The first kappa shape index (κ1) is 13.6. The Balaban J connectivity index is 2.00. The molecule has 0 saturated carbocycles. The van der Waals surface area contributed by atoms with Crippen molar-refractivity contribution >= 4 is 5.91 Å². The average Bonchev–Trinajstić information content (AvgIpc) is 2.85. The standard InChI is InChI=1S/C13H18N2O4/c1-8(15-13(16)10(14)6-17-2)9-3-4-11-12(5-9)19-7-18-11/h3-5,8,10H,6-7,14H2,1-2H3,(H,15,16). The molecule has 3 N–H and O–H groups in total. The van der Waals surface area contributed by atoms with Crippen LogP contribution in [0.25, 0.3) is 0 Å². The van der Waals surface area contributed by atoms with Gasteiger partial charge in [-0.15, -0.1) is 0 Å². The predicted octanol–water partition coefficient (Wildman–Crippen LogP) is 0.566. The third-order valence-corrected chi connectivity index (χ3v) is 2.94. The van der Waals surface area contributed by atoms with Crippen molar-refractivity contribution in [3.63, 3.8) is 0 Å². The number of nitrogens with two attached hydrogens (primary N) is 1. The molecule has 104 valence electrons. The van der Waals surface area contributed by atoms with E-state index in [-0.39, 0.29) is 25.3 Å². The largest absolute Gasteiger partial charge is 0.454 e. The highest BCUT2D eigenvalue weighted by molar-refractivity contribution is 5.82. The summed E-state index contributed by atoms with van der Waals surface area (Å²) < 4.78 is 15.4. The third kappa shape index (κ3) is 3.15. The van der Waals surface area contributed by atoms with E-state index in [0.717, 1.165) is 11.3 Å². The number of carbonyl (C=O) groups is 1. The number of fused-ring (bicyclic) bond motifs is 1. The molecule has 1 aromatic rings. The molecule has 1 aliphatic heterocycles. The van der Waals surface area contributed by atoms with Gasteiger partial charge in [0, 0.05) is 7.11 Å². The van der Waals surface area contributed by atoms with E-state index in [2.05, 4.69) is 5.32 Å². The Kier molecular flexibility index (Phi) is 4.24. The number of rotatable bonds is 5. The maximum Gasteiger partial charge on any atom is 0.239 e. The Morgan fingerprint density at radius 1 is 1.47 bits per heavy atom. The SMILES string of the molecule is COCC(N)C(=O)NC(C)c1ccc2c(c1)OCO2. The maximum absolute atomic E-state index is 11.8. The fraction of sp³-hybridized carbons (Fsp3) is 0.462. The Hall–Kier alpha value is -1.79. The number of benzene rings is 1. The zero-order valence-electron chi connectivity index (χ0n) is 11.0. The van der Waals surface area contributed by atoms with Gasteiger partial charge in [0.25, 0.3) is 0 Å². The lowest BCUT2D eigenvalue weighted by atomic mass is 10.1. The Morgan fingerprint density at radius 2 is 2.21 bits per heavy atom. The van der Waals surface area contributed by atoms with Gasteiger partial charge < -0.3 is 25.3 Å². The summed E-state index contributed by atoms with van der Waals surface area (Å²) in [4.78, 5) is 11.8. The summed E-state index contributed by atoms with van der Waals surface area (Å²) in [5.74, 6) is 1.17. The monoisotopic (exact) mass is 266 g/mol. The van der Waals surface area contributed by atoms with Gasteiger partial charge in [0.15, 0.2) is 11.5 Å². The summed E-state index contributed by atoms with van der Waals surface area (Å²) >= 11 is 0. The molecule has 19 heavy (non-hydrogen) atoms. The third-order valence-electron chi connectivity index (χ3n) is 2.94. The smallest absolute Gasteiger partial charge is 0.239 e. The van der Waals surface area contributed by atoms with Crippen molar-refractivity contribution in [1.82, 2.24) is 5.32 Å². The summed E-state index contributed by atoms with van der Waals surface area (Å²) in [5, 5.41) is 2.83. The van der Waals surface area contributed by atoms with Crippen LogP contribution in [0.15, 0.2) is 18.2 Å². The first-order valence-corrected chi connectivity index (χ1v) is 6.06. The van der Waals surface area contributed by atoms with Gasteiger partial charge in [-0.1, -0.05) is 6.07 Å². The second-order valence-electron chi connectivity index (χ2n) is 4.40. The molecule has 0 aliphatic carbocycles. The summed E-state index contributed by atoms with van der Waals surface area (Å²) in [6.45, 7) is 2.31. The minimum Gasteiger partial charge on any atom is -0.454 e. The van der Waals surface area contributed by atoms with Crippen LogP contribution in [0, 0.1) is 0 Å². The summed E-state index contributed by atoms with van der Waals surface area (Å²) in [5.41, 5.74) is 6.60. The Bertz CT molecular complexity index is 464. The molecular formula is C13H18N2O4. The molecule has 1 heterocycles. The van der Waals surface area contributed by atoms with Gasteiger partial charge in [0.05, 0.1) is 12.6 Å². The summed E-state index contributed by atoms with van der Waals surface area (Å²) in [7, 11) is 1.51. The predicted molar refractivity (Wildman–Crippen MR) is 69.0 cm³/mol. The van der Waals surface area contributed by atoms with Crippen LogP contribution < -0.4 is 20.5 Å². The van der Waals surface area contributed by atoms with Crippen molar-refractivity contribution in [2.75, 3.05) is 20.5 Å². The molecule has 0 fully saturated rings. The molecule has 1 aromatic carbocycles. The molecule has 0 radical (unpaired) electrons. The average molecular weight is 266 g/mol. The van der Waals surface area contributed by atoms with E-state index in [1.54, 1.807) is 0 Å². The summed E-state index contributed by atoms with van der Waals surface area (Å²) in [6, 6.07) is 4.75. The van der Waals surface area contributed by atoms with E-state index >= 15 is 0 Å². The number of ether oxygens (including phenoxy) is 3. The second-order valence-corrected chi connectivity index (χ2v) is 4.40. The van der Waals surface area contributed by atoms with Crippen molar-refractivity contribution in [2.45, 2.75) is 19.0 Å². The fourth-order valence-corrected chi connectivity index (χ4v) is 1.84. The maximum atomic E-state index is 11.8. The molecule has 2 unspecified atom stereocenters. The Morgan fingerprint density at radius 3 is 2.95 bits per heavy atom. The van der Waals surface area contributed by atoms with E-state index in [1.165, 1.54) is 7.11 Å². The lowest BCUT2D eigenvalue weighted by Gasteiger charge is -2.17. The van der Waals surface area contributed by atoms with Crippen LogP contribution in [0.3, 0.4) is 0 Å².